The zero-order chi connectivity index (χ0) is 10.6. The first-order valence-electron chi connectivity index (χ1n) is 4.55. The van der Waals surface area contributed by atoms with Gasteiger partial charge in [0.1, 0.15) is 11.5 Å². The number of methoxy groups -OCH3 is 2. The molecule has 78 valence electrons. The normalized spacial score (nSPS) is 12.3. The minimum absolute atomic E-state index is 0.0963. The molecule has 1 N–H and O–H groups in total. The van der Waals surface area contributed by atoms with E-state index >= 15 is 0 Å². The van der Waals surface area contributed by atoms with Crippen LogP contribution in [0.4, 0.5) is 0 Å². The molecule has 0 fully saturated rings. The van der Waals surface area contributed by atoms with Crippen LogP contribution in [0.25, 0.3) is 0 Å². The number of hydrogen-bond acceptors (Lipinski definition) is 3. The van der Waals surface area contributed by atoms with Gasteiger partial charge in [0.2, 0.25) is 0 Å². The molecule has 0 aliphatic carbocycles. The quantitative estimate of drug-likeness (QED) is 0.798. The molecule has 0 amide bonds. The third kappa shape index (κ3) is 2.39. The van der Waals surface area contributed by atoms with E-state index in [-0.39, 0.29) is 12.5 Å². The van der Waals surface area contributed by atoms with E-state index in [0.29, 0.717) is 0 Å². The first-order chi connectivity index (χ1) is 6.71. The maximum Gasteiger partial charge on any atom is 0.122 e. The van der Waals surface area contributed by atoms with Crippen LogP contribution in [-0.4, -0.2) is 25.9 Å². The molecule has 1 rings (SSSR count). The molecule has 1 atom stereocenters. The van der Waals surface area contributed by atoms with Gasteiger partial charge >= 0.3 is 0 Å². The van der Waals surface area contributed by atoms with Gasteiger partial charge in [-0.3, -0.25) is 0 Å². The van der Waals surface area contributed by atoms with Gasteiger partial charge in [0.05, 0.1) is 14.2 Å². The van der Waals surface area contributed by atoms with Crippen molar-refractivity contribution in [1.29, 1.82) is 0 Å². The average Bonchev–Trinajstić information content (AvgIpc) is 2.27. The third-order valence-corrected chi connectivity index (χ3v) is 2.22. The predicted octanol–water partition coefficient (Wildman–Crippen LogP) is 1.80. The highest BCUT2D eigenvalue weighted by Crippen LogP contribution is 2.26. The van der Waals surface area contributed by atoms with E-state index < -0.39 is 0 Å². The number of ether oxygens (including phenoxy) is 2. The molecule has 3 heteroatoms. The van der Waals surface area contributed by atoms with Gasteiger partial charge in [-0.2, -0.15) is 0 Å². The van der Waals surface area contributed by atoms with Crippen molar-refractivity contribution in [2.24, 2.45) is 0 Å². The van der Waals surface area contributed by atoms with Crippen molar-refractivity contribution < 1.29 is 14.6 Å². The Balaban J connectivity index is 3.04. The fourth-order valence-electron chi connectivity index (χ4n) is 1.22. The van der Waals surface area contributed by atoms with Crippen LogP contribution in [0.15, 0.2) is 18.2 Å². The highest BCUT2D eigenvalue weighted by molar-refractivity contribution is 5.39. The van der Waals surface area contributed by atoms with Crippen molar-refractivity contribution in [3.8, 4) is 11.5 Å². The SMILES string of the molecule is COc1cc(OC)cc([C@@H](C)CO)c1. The molecular weight excluding hydrogens is 180 g/mol. The number of benzene rings is 1. The highest BCUT2D eigenvalue weighted by Gasteiger charge is 2.07. The van der Waals surface area contributed by atoms with Gasteiger partial charge in [-0.05, 0) is 17.7 Å². The van der Waals surface area contributed by atoms with E-state index in [9.17, 15) is 0 Å². The molecule has 0 aliphatic heterocycles. The Labute approximate surface area is 84.3 Å². The maximum absolute atomic E-state index is 9.03. The second-order valence-electron chi connectivity index (χ2n) is 3.23. The van der Waals surface area contributed by atoms with Gasteiger partial charge < -0.3 is 14.6 Å². The lowest BCUT2D eigenvalue weighted by Gasteiger charge is -2.12. The number of aliphatic hydroxyl groups is 1. The van der Waals surface area contributed by atoms with Gasteiger partial charge in [-0.15, -0.1) is 0 Å². The van der Waals surface area contributed by atoms with E-state index in [2.05, 4.69) is 0 Å². The molecule has 0 saturated heterocycles. The van der Waals surface area contributed by atoms with E-state index in [4.69, 9.17) is 14.6 Å². The molecule has 0 heterocycles. The Morgan fingerprint density at radius 2 is 1.64 bits per heavy atom. The zero-order valence-corrected chi connectivity index (χ0v) is 8.78. The molecule has 0 saturated carbocycles. The lowest BCUT2D eigenvalue weighted by molar-refractivity contribution is 0.272. The summed E-state index contributed by atoms with van der Waals surface area (Å²) >= 11 is 0. The van der Waals surface area contributed by atoms with Crippen molar-refractivity contribution in [1.82, 2.24) is 0 Å². The van der Waals surface area contributed by atoms with E-state index in [1.165, 1.54) is 0 Å². The minimum Gasteiger partial charge on any atom is -0.497 e. The molecule has 0 aromatic heterocycles. The molecule has 0 spiro atoms. The summed E-state index contributed by atoms with van der Waals surface area (Å²) in [4.78, 5) is 0. The lowest BCUT2D eigenvalue weighted by Crippen LogP contribution is -2.00. The van der Waals surface area contributed by atoms with Crippen molar-refractivity contribution in [3.05, 3.63) is 23.8 Å². The predicted molar refractivity (Wildman–Crippen MR) is 55.0 cm³/mol. The Morgan fingerprint density at radius 3 is 2.00 bits per heavy atom. The Bertz CT molecular complexity index is 274. The molecule has 1 aromatic carbocycles. The zero-order valence-electron chi connectivity index (χ0n) is 8.78. The van der Waals surface area contributed by atoms with Crippen LogP contribution < -0.4 is 9.47 Å². The number of rotatable bonds is 4. The summed E-state index contributed by atoms with van der Waals surface area (Å²) in [6, 6.07) is 5.63. The largest absolute Gasteiger partial charge is 0.497 e. The monoisotopic (exact) mass is 196 g/mol. The topological polar surface area (TPSA) is 38.7 Å². The molecule has 1 aromatic rings. The van der Waals surface area contributed by atoms with Crippen molar-refractivity contribution in [3.63, 3.8) is 0 Å². The minimum atomic E-state index is 0.0963. The number of hydrogen-bond donors (Lipinski definition) is 1. The van der Waals surface area contributed by atoms with Gasteiger partial charge in [0.15, 0.2) is 0 Å². The van der Waals surface area contributed by atoms with Crippen LogP contribution in [0.5, 0.6) is 11.5 Å². The van der Waals surface area contributed by atoms with Crippen LogP contribution in [-0.2, 0) is 0 Å². The van der Waals surface area contributed by atoms with Gasteiger partial charge in [0.25, 0.3) is 0 Å². The molecule has 0 aliphatic rings. The fourth-order valence-corrected chi connectivity index (χ4v) is 1.22. The third-order valence-electron chi connectivity index (χ3n) is 2.22. The second kappa shape index (κ2) is 4.86. The first kappa shape index (κ1) is 10.9. The van der Waals surface area contributed by atoms with Crippen LogP contribution in [0.2, 0.25) is 0 Å². The summed E-state index contributed by atoms with van der Waals surface area (Å²) in [6.07, 6.45) is 0. The van der Waals surface area contributed by atoms with Gasteiger partial charge in [0, 0.05) is 18.6 Å². The van der Waals surface area contributed by atoms with Crippen LogP contribution >= 0.6 is 0 Å². The van der Waals surface area contributed by atoms with Gasteiger partial charge in [-0.1, -0.05) is 6.92 Å². The molecule has 0 bridgehead atoms. The molecule has 0 radical (unpaired) electrons. The van der Waals surface area contributed by atoms with Crippen LogP contribution in [0.3, 0.4) is 0 Å². The van der Waals surface area contributed by atoms with E-state index in [1.807, 2.05) is 25.1 Å². The molecule has 0 unspecified atom stereocenters. The Morgan fingerprint density at radius 1 is 1.14 bits per heavy atom. The summed E-state index contributed by atoms with van der Waals surface area (Å²) < 4.78 is 10.3. The summed E-state index contributed by atoms with van der Waals surface area (Å²) in [5.74, 6) is 1.60. The second-order valence-corrected chi connectivity index (χ2v) is 3.23. The maximum atomic E-state index is 9.03. The highest BCUT2D eigenvalue weighted by atomic mass is 16.5. The first-order valence-corrected chi connectivity index (χ1v) is 4.55. The smallest absolute Gasteiger partial charge is 0.122 e. The van der Waals surface area contributed by atoms with E-state index in [0.717, 1.165) is 17.1 Å². The standard InChI is InChI=1S/C11H16O3/c1-8(7-12)9-4-10(13-2)6-11(5-9)14-3/h4-6,8,12H,7H2,1-3H3/t8-/m0/s1. The Kier molecular flexibility index (Phi) is 3.77. The van der Waals surface area contributed by atoms with Crippen LogP contribution in [0, 0.1) is 0 Å². The van der Waals surface area contributed by atoms with E-state index in [1.54, 1.807) is 14.2 Å². The van der Waals surface area contributed by atoms with Crippen LogP contribution in [0.1, 0.15) is 18.4 Å². The summed E-state index contributed by atoms with van der Waals surface area (Å²) in [6.45, 7) is 2.07. The molecular formula is C11H16O3. The molecule has 3 nitrogen and oxygen atoms in total. The summed E-state index contributed by atoms with van der Waals surface area (Å²) in [5.41, 5.74) is 1.02. The summed E-state index contributed by atoms with van der Waals surface area (Å²) in [7, 11) is 3.23. The lowest BCUT2D eigenvalue weighted by atomic mass is 10.0. The number of aliphatic hydroxyl groups excluding tert-OH is 1. The van der Waals surface area contributed by atoms with Crippen molar-refractivity contribution in [2.45, 2.75) is 12.8 Å². The van der Waals surface area contributed by atoms with Crippen molar-refractivity contribution >= 4 is 0 Å². The van der Waals surface area contributed by atoms with Gasteiger partial charge in [-0.25, -0.2) is 0 Å². The fraction of sp³-hybridized carbons (Fsp3) is 0.455. The Hall–Kier alpha value is -1.22. The molecule has 14 heavy (non-hydrogen) atoms. The average molecular weight is 196 g/mol. The summed E-state index contributed by atoms with van der Waals surface area (Å²) in [5, 5.41) is 9.03. The van der Waals surface area contributed by atoms with Crippen molar-refractivity contribution in [2.75, 3.05) is 20.8 Å².